The van der Waals surface area contributed by atoms with Gasteiger partial charge in [0.25, 0.3) is 0 Å². The second-order valence-electron chi connectivity index (χ2n) is 4.45. The van der Waals surface area contributed by atoms with Crippen molar-refractivity contribution >= 4 is 11.8 Å². The Hall–Kier alpha value is -0.790. The van der Waals surface area contributed by atoms with Crippen molar-refractivity contribution in [2.75, 3.05) is 19.4 Å². The third-order valence-corrected chi connectivity index (χ3v) is 3.87. The third-order valence-electron chi connectivity index (χ3n) is 2.92. The van der Waals surface area contributed by atoms with Gasteiger partial charge in [-0.05, 0) is 32.5 Å². The highest BCUT2D eigenvalue weighted by molar-refractivity contribution is 7.99. The molecule has 1 heterocycles. The van der Waals surface area contributed by atoms with Crippen LogP contribution in [0.15, 0.2) is 23.4 Å². The van der Waals surface area contributed by atoms with Crippen molar-refractivity contribution in [2.24, 2.45) is 0 Å². The summed E-state index contributed by atoms with van der Waals surface area (Å²) in [6.45, 7) is 1.89. The van der Waals surface area contributed by atoms with Crippen LogP contribution in [-0.4, -0.2) is 35.0 Å². The summed E-state index contributed by atoms with van der Waals surface area (Å²) in [5, 5.41) is 12.8. The largest absolute Gasteiger partial charge is 0.417 e. The summed E-state index contributed by atoms with van der Waals surface area (Å²) in [6, 6.07) is 2.39. The molecular weight excluding hydrogens is 277 g/mol. The fourth-order valence-electron chi connectivity index (χ4n) is 1.30. The number of aromatic nitrogens is 1. The fraction of sp³-hybridized carbons (Fsp3) is 0.583. The molecule has 0 saturated carbocycles. The van der Waals surface area contributed by atoms with Gasteiger partial charge in [-0.15, -0.1) is 11.8 Å². The van der Waals surface area contributed by atoms with E-state index < -0.39 is 11.7 Å². The smallest absolute Gasteiger partial charge is 0.394 e. The van der Waals surface area contributed by atoms with E-state index >= 15 is 0 Å². The summed E-state index contributed by atoms with van der Waals surface area (Å²) in [5.74, 6) is 0.663. The molecule has 1 aromatic rings. The minimum atomic E-state index is -4.35. The van der Waals surface area contributed by atoms with Crippen LogP contribution in [0.5, 0.6) is 0 Å². The Bertz CT molecular complexity index is 391. The molecule has 19 heavy (non-hydrogen) atoms. The second-order valence-corrected chi connectivity index (χ2v) is 5.57. The molecule has 1 atom stereocenters. The van der Waals surface area contributed by atoms with E-state index in [2.05, 4.69) is 10.3 Å². The maximum atomic E-state index is 12.3. The monoisotopic (exact) mass is 294 g/mol. The number of rotatable bonds is 6. The number of likely N-dealkylation sites (N-methyl/N-ethyl adjacent to an activating group) is 1. The first-order valence-electron chi connectivity index (χ1n) is 5.76. The Morgan fingerprint density at radius 3 is 2.47 bits per heavy atom. The predicted molar refractivity (Wildman–Crippen MR) is 69.1 cm³/mol. The van der Waals surface area contributed by atoms with E-state index in [-0.39, 0.29) is 12.1 Å². The summed E-state index contributed by atoms with van der Waals surface area (Å²) in [4.78, 5) is 3.78. The van der Waals surface area contributed by atoms with Crippen molar-refractivity contribution in [3.63, 3.8) is 0 Å². The number of nitrogens with one attached hydrogen (secondary N) is 1. The number of nitrogens with zero attached hydrogens (tertiary/aromatic N) is 1. The first-order chi connectivity index (χ1) is 8.80. The summed E-state index contributed by atoms with van der Waals surface area (Å²) in [6.07, 6.45) is -2.82. The van der Waals surface area contributed by atoms with Gasteiger partial charge in [0.15, 0.2) is 0 Å². The zero-order valence-electron chi connectivity index (χ0n) is 10.8. The van der Waals surface area contributed by atoms with Crippen LogP contribution in [0.2, 0.25) is 0 Å². The zero-order chi connectivity index (χ0) is 14.5. The average molecular weight is 294 g/mol. The lowest BCUT2D eigenvalue weighted by Gasteiger charge is -2.26. The van der Waals surface area contributed by atoms with Crippen molar-refractivity contribution in [3.05, 3.63) is 23.9 Å². The van der Waals surface area contributed by atoms with E-state index in [1.165, 1.54) is 17.8 Å². The van der Waals surface area contributed by atoms with Crippen LogP contribution in [0.3, 0.4) is 0 Å². The molecule has 0 spiro atoms. The molecule has 0 fully saturated rings. The number of hydrogen-bond acceptors (Lipinski definition) is 4. The summed E-state index contributed by atoms with van der Waals surface area (Å²) in [7, 11) is 1.76. The van der Waals surface area contributed by atoms with Gasteiger partial charge >= 0.3 is 6.18 Å². The van der Waals surface area contributed by atoms with Gasteiger partial charge in [0.2, 0.25) is 0 Å². The second kappa shape index (κ2) is 6.58. The van der Waals surface area contributed by atoms with Crippen molar-refractivity contribution in [2.45, 2.75) is 30.1 Å². The predicted octanol–water partition coefficient (Wildman–Crippen LogP) is 2.55. The van der Waals surface area contributed by atoms with Crippen LogP contribution in [0.4, 0.5) is 13.2 Å². The molecule has 0 aromatic carbocycles. The first-order valence-corrected chi connectivity index (χ1v) is 6.75. The number of hydrogen-bond donors (Lipinski definition) is 2. The molecule has 0 aliphatic rings. The number of thioether (sulfide) groups is 1. The van der Waals surface area contributed by atoms with E-state index in [1.807, 2.05) is 6.92 Å². The molecule has 1 rings (SSSR count). The van der Waals surface area contributed by atoms with Gasteiger partial charge in [0.05, 0.1) is 17.2 Å². The number of aliphatic hydroxyl groups excluding tert-OH is 1. The van der Waals surface area contributed by atoms with Gasteiger partial charge < -0.3 is 10.4 Å². The standard InChI is InChI=1S/C12H17F3N2OS/c1-11(8-18,16-2)5-6-19-10-4-3-9(7-17-10)12(13,14)15/h3-4,7,16,18H,5-6,8H2,1-2H3. The lowest BCUT2D eigenvalue weighted by atomic mass is 10.0. The van der Waals surface area contributed by atoms with Crippen LogP contribution >= 0.6 is 11.8 Å². The van der Waals surface area contributed by atoms with Crippen LogP contribution in [0.25, 0.3) is 0 Å². The normalized spacial score (nSPS) is 15.3. The van der Waals surface area contributed by atoms with Crippen LogP contribution in [0.1, 0.15) is 18.9 Å². The summed E-state index contributed by atoms with van der Waals surface area (Å²) < 4.78 is 37.0. The molecule has 3 nitrogen and oxygen atoms in total. The van der Waals surface area contributed by atoms with E-state index in [0.29, 0.717) is 17.2 Å². The third kappa shape index (κ3) is 5.00. The first kappa shape index (κ1) is 16.3. The Morgan fingerprint density at radius 2 is 2.05 bits per heavy atom. The van der Waals surface area contributed by atoms with Gasteiger partial charge in [-0.3, -0.25) is 0 Å². The topological polar surface area (TPSA) is 45.1 Å². The van der Waals surface area contributed by atoms with Gasteiger partial charge in [0, 0.05) is 17.5 Å². The lowest BCUT2D eigenvalue weighted by Crippen LogP contribution is -2.43. The van der Waals surface area contributed by atoms with Gasteiger partial charge in [0.1, 0.15) is 0 Å². The van der Waals surface area contributed by atoms with Crippen molar-refractivity contribution in [3.8, 4) is 0 Å². The Balaban J connectivity index is 2.51. The molecule has 0 bridgehead atoms. The molecule has 7 heteroatoms. The van der Waals surface area contributed by atoms with E-state index in [9.17, 15) is 18.3 Å². The van der Waals surface area contributed by atoms with Crippen LogP contribution < -0.4 is 5.32 Å². The van der Waals surface area contributed by atoms with Crippen molar-refractivity contribution in [1.82, 2.24) is 10.3 Å². The summed E-state index contributed by atoms with van der Waals surface area (Å²) in [5.41, 5.74) is -1.12. The van der Waals surface area contributed by atoms with Crippen molar-refractivity contribution in [1.29, 1.82) is 0 Å². The molecule has 108 valence electrons. The minimum Gasteiger partial charge on any atom is -0.394 e. The maximum Gasteiger partial charge on any atom is 0.417 e. The molecular formula is C12H17F3N2OS. The molecule has 1 unspecified atom stereocenters. The van der Waals surface area contributed by atoms with Crippen LogP contribution in [-0.2, 0) is 6.18 Å². The Labute approximate surface area is 114 Å². The average Bonchev–Trinajstić information content (AvgIpc) is 2.38. The molecule has 0 amide bonds. The number of halogens is 3. The number of alkyl halides is 3. The SMILES string of the molecule is CNC(C)(CO)CCSc1ccc(C(F)(F)F)cn1. The van der Waals surface area contributed by atoms with Gasteiger partial charge in [-0.2, -0.15) is 13.2 Å². The Kier molecular flexibility index (Phi) is 5.64. The number of pyridine rings is 1. The highest BCUT2D eigenvalue weighted by Gasteiger charge is 2.30. The minimum absolute atomic E-state index is 0.00446. The molecule has 0 aliphatic carbocycles. The highest BCUT2D eigenvalue weighted by Crippen LogP contribution is 2.29. The molecule has 0 saturated heterocycles. The van der Waals surface area contributed by atoms with E-state index in [1.54, 1.807) is 7.05 Å². The molecule has 2 N–H and O–H groups in total. The van der Waals surface area contributed by atoms with E-state index in [4.69, 9.17) is 0 Å². The summed E-state index contributed by atoms with van der Waals surface area (Å²) >= 11 is 1.37. The number of aliphatic hydroxyl groups is 1. The molecule has 1 aromatic heterocycles. The lowest BCUT2D eigenvalue weighted by molar-refractivity contribution is -0.137. The maximum absolute atomic E-state index is 12.3. The van der Waals surface area contributed by atoms with Crippen LogP contribution in [0, 0.1) is 0 Å². The highest BCUT2D eigenvalue weighted by atomic mass is 32.2. The Morgan fingerprint density at radius 1 is 1.37 bits per heavy atom. The molecule has 0 radical (unpaired) electrons. The van der Waals surface area contributed by atoms with Gasteiger partial charge in [-0.25, -0.2) is 4.98 Å². The van der Waals surface area contributed by atoms with Crippen molar-refractivity contribution < 1.29 is 18.3 Å². The fourth-order valence-corrected chi connectivity index (χ4v) is 2.35. The van der Waals surface area contributed by atoms with Gasteiger partial charge in [-0.1, -0.05) is 0 Å². The quantitative estimate of drug-likeness (QED) is 0.792. The molecule has 0 aliphatic heterocycles. The zero-order valence-corrected chi connectivity index (χ0v) is 11.6. The van der Waals surface area contributed by atoms with E-state index in [0.717, 1.165) is 12.3 Å².